The van der Waals surface area contributed by atoms with E-state index in [9.17, 15) is 27.7 Å². The molecule has 8 nitrogen and oxygen atoms in total. The maximum atomic E-state index is 13.4. The number of benzene rings is 2. The number of carbonyl (C=O) groups excluding carboxylic acids is 1. The van der Waals surface area contributed by atoms with Gasteiger partial charge in [0, 0.05) is 36.8 Å². The van der Waals surface area contributed by atoms with E-state index in [1.54, 1.807) is 13.0 Å². The number of rotatable bonds is 5. The van der Waals surface area contributed by atoms with Crippen LogP contribution in [-0.2, 0) is 14.8 Å². The van der Waals surface area contributed by atoms with E-state index in [0.717, 1.165) is 16.4 Å². The van der Waals surface area contributed by atoms with Crippen LogP contribution >= 0.6 is 11.6 Å². The molecule has 1 aliphatic heterocycles. The molecule has 0 aliphatic carbocycles. The third-order valence-corrected chi connectivity index (χ3v) is 7.41. The molecule has 1 amide bonds. The quantitative estimate of drug-likeness (QED) is 0.545. The van der Waals surface area contributed by atoms with Gasteiger partial charge in [-0.05, 0) is 43.5 Å². The summed E-state index contributed by atoms with van der Waals surface area (Å²) in [6.07, 6.45) is 0.512. The average Bonchev–Trinajstić information content (AvgIpc) is 2.70. The van der Waals surface area contributed by atoms with Gasteiger partial charge in [-0.1, -0.05) is 17.7 Å². The summed E-state index contributed by atoms with van der Waals surface area (Å²) >= 11 is 5.98. The van der Waals surface area contributed by atoms with Crippen LogP contribution in [0.4, 0.5) is 15.8 Å². The van der Waals surface area contributed by atoms with Crippen molar-refractivity contribution in [3.05, 3.63) is 62.9 Å². The number of non-ortho nitro benzene ring substituents is 1. The standard InChI is InChI=1S/C19H19ClFN3O5S/c1-12-2-3-14(21)10-17(12)22-19(25)13-6-8-23(9-7-13)30(28,29)18-11-15(24(26)27)4-5-16(18)20/h2-5,10-11,13H,6-9H2,1H3,(H,22,25). The van der Waals surface area contributed by atoms with E-state index in [-0.39, 0.29) is 47.4 Å². The van der Waals surface area contributed by atoms with Gasteiger partial charge in [-0.2, -0.15) is 4.31 Å². The average molecular weight is 456 g/mol. The van der Waals surface area contributed by atoms with Gasteiger partial charge < -0.3 is 5.32 Å². The topological polar surface area (TPSA) is 110 Å². The molecule has 0 bridgehead atoms. The molecule has 0 spiro atoms. The fourth-order valence-corrected chi connectivity index (χ4v) is 5.23. The second kappa shape index (κ2) is 8.66. The zero-order valence-electron chi connectivity index (χ0n) is 16.0. The molecule has 1 fully saturated rings. The molecule has 2 aromatic rings. The van der Waals surface area contributed by atoms with Crippen molar-refractivity contribution < 1.29 is 22.5 Å². The van der Waals surface area contributed by atoms with Gasteiger partial charge in [0.25, 0.3) is 5.69 Å². The summed E-state index contributed by atoms with van der Waals surface area (Å²) in [7, 11) is -4.05. The fourth-order valence-electron chi connectivity index (χ4n) is 3.26. The lowest BCUT2D eigenvalue weighted by Gasteiger charge is -2.30. The van der Waals surface area contributed by atoms with Crippen molar-refractivity contribution in [3.8, 4) is 0 Å². The summed E-state index contributed by atoms with van der Waals surface area (Å²) in [6, 6.07) is 7.33. The Labute approximate surface area is 177 Å². The largest absolute Gasteiger partial charge is 0.326 e. The lowest BCUT2D eigenvalue weighted by atomic mass is 9.97. The summed E-state index contributed by atoms with van der Waals surface area (Å²) in [4.78, 5) is 22.5. The van der Waals surface area contributed by atoms with Gasteiger partial charge in [0.05, 0.1) is 9.95 Å². The molecule has 3 rings (SSSR count). The maximum Gasteiger partial charge on any atom is 0.270 e. The van der Waals surface area contributed by atoms with E-state index in [2.05, 4.69) is 5.32 Å². The highest BCUT2D eigenvalue weighted by Gasteiger charge is 2.34. The smallest absolute Gasteiger partial charge is 0.270 e. The summed E-state index contributed by atoms with van der Waals surface area (Å²) in [6.45, 7) is 1.86. The number of nitro groups is 1. The van der Waals surface area contributed by atoms with Crippen molar-refractivity contribution >= 4 is 38.9 Å². The molecule has 0 unspecified atom stereocenters. The Balaban J connectivity index is 1.70. The van der Waals surface area contributed by atoms with Crippen molar-refractivity contribution in [3.63, 3.8) is 0 Å². The number of nitro benzene ring substituents is 1. The van der Waals surface area contributed by atoms with Crippen molar-refractivity contribution in [2.45, 2.75) is 24.7 Å². The number of carbonyl (C=O) groups is 1. The molecule has 0 saturated carbocycles. The minimum atomic E-state index is -4.05. The molecule has 2 aromatic carbocycles. The van der Waals surface area contributed by atoms with Crippen LogP contribution in [0.15, 0.2) is 41.3 Å². The number of nitrogens with zero attached hydrogens (tertiary/aromatic N) is 2. The van der Waals surface area contributed by atoms with Gasteiger partial charge in [0.15, 0.2) is 0 Å². The number of anilines is 1. The lowest BCUT2D eigenvalue weighted by molar-refractivity contribution is -0.385. The Hall–Kier alpha value is -2.56. The normalized spacial score (nSPS) is 15.7. The molecule has 1 heterocycles. The van der Waals surface area contributed by atoms with Crippen LogP contribution < -0.4 is 5.32 Å². The molecule has 30 heavy (non-hydrogen) atoms. The molecular formula is C19H19ClFN3O5S. The van der Waals surface area contributed by atoms with Crippen molar-refractivity contribution in [2.75, 3.05) is 18.4 Å². The summed E-state index contributed by atoms with van der Waals surface area (Å²) in [5, 5.41) is 13.5. The number of hydrogen-bond donors (Lipinski definition) is 1. The van der Waals surface area contributed by atoms with Crippen molar-refractivity contribution in [1.82, 2.24) is 4.31 Å². The zero-order valence-corrected chi connectivity index (χ0v) is 17.5. The summed E-state index contributed by atoms with van der Waals surface area (Å²) < 4.78 is 40.4. The summed E-state index contributed by atoms with van der Waals surface area (Å²) in [5.41, 5.74) is 0.709. The third-order valence-electron chi connectivity index (χ3n) is 5.03. The monoisotopic (exact) mass is 455 g/mol. The minimum absolute atomic E-state index is 0.0571. The van der Waals surface area contributed by atoms with Crippen molar-refractivity contribution in [2.24, 2.45) is 5.92 Å². The van der Waals surface area contributed by atoms with Gasteiger partial charge in [-0.3, -0.25) is 14.9 Å². The lowest BCUT2D eigenvalue weighted by Crippen LogP contribution is -2.41. The van der Waals surface area contributed by atoms with E-state index in [1.165, 1.54) is 18.2 Å². The van der Waals surface area contributed by atoms with Crippen LogP contribution in [0.1, 0.15) is 18.4 Å². The zero-order chi connectivity index (χ0) is 22.1. The third kappa shape index (κ3) is 4.61. The highest BCUT2D eigenvalue weighted by Crippen LogP contribution is 2.31. The first-order valence-electron chi connectivity index (χ1n) is 9.10. The number of piperidine rings is 1. The SMILES string of the molecule is Cc1ccc(F)cc1NC(=O)C1CCN(S(=O)(=O)c2cc([N+](=O)[O-])ccc2Cl)CC1. The molecule has 1 N–H and O–H groups in total. The predicted octanol–water partition coefficient (Wildman–Crippen LogP) is 3.74. The first-order valence-corrected chi connectivity index (χ1v) is 10.9. The van der Waals surface area contributed by atoms with Gasteiger partial charge in [0.1, 0.15) is 10.7 Å². The first-order chi connectivity index (χ1) is 14.1. The van der Waals surface area contributed by atoms with E-state index in [1.807, 2.05) is 0 Å². The number of aryl methyl sites for hydroxylation is 1. The Morgan fingerprint density at radius 1 is 1.23 bits per heavy atom. The Morgan fingerprint density at radius 3 is 2.53 bits per heavy atom. The van der Waals surface area contributed by atoms with Crippen LogP contribution in [0.2, 0.25) is 5.02 Å². The van der Waals surface area contributed by atoms with Crippen LogP contribution in [-0.4, -0.2) is 36.6 Å². The number of hydrogen-bond acceptors (Lipinski definition) is 5. The van der Waals surface area contributed by atoms with E-state index < -0.39 is 26.7 Å². The predicted molar refractivity (Wildman–Crippen MR) is 109 cm³/mol. The van der Waals surface area contributed by atoms with E-state index >= 15 is 0 Å². The Kier molecular flexibility index (Phi) is 6.39. The maximum absolute atomic E-state index is 13.4. The van der Waals surface area contributed by atoms with Gasteiger partial charge in [-0.15, -0.1) is 0 Å². The number of nitrogens with one attached hydrogen (secondary N) is 1. The van der Waals surface area contributed by atoms with Crippen LogP contribution in [0, 0.1) is 28.8 Å². The van der Waals surface area contributed by atoms with Gasteiger partial charge in [0.2, 0.25) is 15.9 Å². The second-order valence-electron chi connectivity index (χ2n) is 7.00. The fraction of sp³-hybridized carbons (Fsp3) is 0.316. The molecule has 11 heteroatoms. The van der Waals surface area contributed by atoms with E-state index in [0.29, 0.717) is 11.3 Å². The molecule has 0 atom stereocenters. The van der Waals surface area contributed by atoms with Crippen LogP contribution in [0.3, 0.4) is 0 Å². The number of sulfonamides is 1. The number of amides is 1. The molecule has 1 aliphatic rings. The highest BCUT2D eigenvalue weighted by atomic mass is 35.5. The van der Waals surface area contributed by atoms with Gasteiger partial charge >= 0.3 is 0 Å². The highest BCUT2D eigenvalue weighted by molar-refractivity contribution is 7.89. The molecule has 0 aromatic heterocycles. The molecular weight excluding hydrogens is 437 g/mol. The Morgan fingerprint density at radius 2 is 1.90 bits per heavy atom. The number of halogens is 2. The molecule has 0 radical (unpaired) electrons. The van der Waals surface area contributed by atoms with Crippen molar-refractivity contribution in [1.29, 1.82) is 0 Å². The van der Waals surface area contributed by atoms with Crippen LogP contribution in [0.5, 0.6) is 0 Å². The molecule has 1 saturated heterocycles. The summed E-state index contributed by atoms with van der Waals surface area (Å²) in [5.74, 6) is -1.22. The molecule has 160 valence electrons. The second-order valence-corrected chi connectivity index (χ2v) is 9.31. The Bertz CT molecular complexity index is 1100. The van der Waals surface area contributed by atoms with Crippen LogP contribution in [0.25, 0.3) is 0 Å². The van der Waals surface area contributed by atoms with Gasteiger partial charge in [-0.25, -0.2) is 12.8 Å². The van der Waals surface area contributed by atoms with E-state index in [4.69, 9.17) is 11.6 Å². The first kappa shape index (κ1) is 22.1. The minimum Gasteiger partial charge on any atom is -0.326 e.